The van der Waals surface area contributed by atoms with Crippen LogP contribution >= 0.6 is 0 Å². The van der Waals surface area contributed by atoms with Gasteiger partial charge in [-0.1, -0.05) is 70.1 Å². The van der Waals surface area contributed by atoms with Crippen LogP contribution < -0.4 is 15.1 Å². The van der Waals surface area contributed by atoms with Gasteiger partial charge < -0.3 is 19.0 Å². The molecule has 3 aromatic rings. The Balaban J connectivity index is 1.61. The molecule has 0 atom stereocenters. The van der Waals surface area contributed by atoms with Crippen LogP contribution in [0, 0.1) is 0 Å². The van der Waals surface area contributed by atoms with Gasteiger partial charge in [-0.2, -0.15) is 0 Å². The number of esters is 1. The highest BCUT2D eigenvalue weighted by atomic mass is 16.6. The topological polar surface area (TPSA) is 86.0 Å². The first-order chi connectivity index (χ1) is 15.6. The highest BCUT2D eigenvalue weighted by molar-refractivity contribution is 5.93. The molecule has 0 fully saturated rings. The maximum absolute atomic E-state index is 12.3. The summed E-state index contributed by atoms with van der Waals surface area (Å²) in [5, 5.41) is 10.8. The zero-order chi connectivity index (χ0) is 22.8. The van der Waals surface area contributed by atoms with Crippen LogP contribution in [0.25, 0.3) is 11.0 Å². The highest BCUT2D eigenvalue weighted by Crippen LogP contribution is 2.34. The molecule has 1 N–H and O–H groups in total. The number of rotatable bonds is 12. The number of carbonyl (C=O) groups excluding carboxylic acids is 1. The molecule has 0 aliphatic rings. The number of carbonyl (C=O) groups is 1. The molecule has 0 bridgehead atoms. The van der Waals surface area contributed by atoms with E-state index in [1.807, 2.05) is 0 Å². The van der Waals surface area contributed by atoms with Crippen molar-refractivity contribution in [2.24, 2.45) is 0 Å². The number of hydrogen-bond donors (Lipinski definition) is 1. The van der Waals surface area contributed by atoms with Crippen LogP contribution in [0.3, 0.4) is 0 Å². The number of unbranched alkanes of at least 4 members (excludes halogenated alkanes) is 7. The number of hydrogen-bond acceptors (Lipinski definition) is 6. The Morgan fingerprint density at radius 2 is 1.62 bits per heavy atom. The first kappa shape index (κ1) is 23.4. The highest BCUT2D eigenvalue weighted by Gasteiger charge is 2.20. The summed E-state index contributed by atoms with van der Waals surface area (Å²) in [7, 11) is 0. The van der Waals surface area contributed by atoms with E-state index in [0.717, 1.165) is 12.8 Å². The van der Waals surface area contributed by atoms with Crippen molar-refractivity contribution in [3.05, 3.63) is 64.5 Å². The largest absolute Gasteiger partial charge is 0.504 e. The maximum atomic E-state index is 12.3. The fourth-order valence-electron chi connectivity index (χ4n) is 3.48. The average molecular weight is 439 g/mol. The fourth-order valence-corrected chi connectivity index (χ4v) is 3.48. The van der Waals surface area contributed by atoms with E-state index in [1.165, 1.54) is 38.5 Å². The molecule has 32 heavy (non-hydrogen) atoms. The minimum atomic E-state index is -0.924. The normalized spacial score (nSPS) is 10.9. The monoisotopic (exact) mass is 438 g/mol. The second-order valence-corrected chi connectivity index (χ2v) is 7.80. The molecule has 0 aliphatic carbocycles. The SMILES string of the molecule is CCCCCCCCCCOc1ccc2oc(=O)c(OC(=O)c3ccccc3)c(O)c2c1. The van der Waals surface area contributed by atoms with Gasteiger partial charge >= 0.3 is 11.6 Å². The summed E-state index contributed by atoms with van der Waals surface area (Å²) in [6, 6.07) is 13.0. The lowest BCUT2D eigenvalue weighted by atomic mass is 10.1. The van der Waals surface area contributed by atoms with Gasteiger partial charge in [-0.25, -0.2) is 9.59 Å². The fraction of sp³-hybridized carbons (Fsp3) is 0.385. The summed E-state index contributed by atoms with van der Waals surface area (Å²) in [5.41, 5.74) is -0.479. The van der Waals surface area contributed by atoms with Crippen LogP contribution in [0.5, 0.6) is 17.2 Å². The molecule has 0 amide bonds. The number of aromatic hydroxyl groups is 1. The summed E-state index contributed by atoms with van der Waals surface area (Å²) in [5.74, 6) is -1.19. The van der Waals surface area contributed by atoms with Gasteiger partial charge in [-0.05, 0) is 36.8 Å². The van der Waals surface area contributed by atoms with E-state index in [-0.39, 0.29) is 16.5 Å². The van der Waals surface area contributed by atoms with E-state index < -0.39 is 23.1 Å². The van der Waals surface area contributed by atoms with E-state index in [4.69, 9.17) is 13.9 Å². The third kappa shape index (κ3) is 6.36. The molecular weight excluding hydrogens is 408 g/mol. The summed E-state index contributed by atoms with van der Waals surface area (Å²) in [6.07, 6.45) is 9.69. The molecular formula is C26H30O6. The summed E-state index contributed by atoms with van der Waals surface area (Å²) in [4.78, 5) is 24.5. The summed E-state index contributed by atoms with van der Waals surface area (Å²) < 4.78 is 16.1. The maximum Gasteiger partial charge on any atom is 0.383 e. The van der Waals surface area contributed by atoms with Gasteiger partial charge in [0.15, 0.2) is 5.75 Å². The van der Waals surface area contributed by atoms with Crippen molar-refractivity contribution in [3.63, 3.8) is 0 Å². The minimum absolute atomic E-state index is 0.187. The van der Waals surface area contributed by atoms with Crippen LogP contribution in [0.4, 0.5) is 0 Å². The van der Waals surface area contributed by atoms with Crippen molar-refractivity contribution in [2.75, 3.05) is 6.61 Å². The van der Waals surface area contributed by atoms with Crippen LogP contribution in [0.15, 0.2) is 57.7 Å². The standard InChI is InChI=1S/C26H30O6/c1-2-3-4-5-6-7-8-12-17-30-20-15-16-22-21(18-20)23(27)24(26(29)31-22)32-25(28)19-13-10-9-11-14-19/h9-11,13-16,18,27H,2-8,12,17H2,1H3. The van der Waals surface area contributed by atoms with Gasteiger partial charge in [0.05, 0.1) is 17.6 Å². The molecule has 0 radical (unpaired) electrons. The van der Waals surface area contributed by atoms with Crippen molar-refractivity contribution < 1.29 is 23.8 Å². The predicted octanol–water partition coefficient (Wildman–Crippen LogP) is 6.24. The van der Waals surface area contributed by atoms with Gasteiger partial charge in [0.1, 0.15) is 11.3 Å². The molecule has 0 saturated heterocycles. The van der Waals surface area contributed by atoms with Crippen LogP contribution in [0.2, 0.25) is 0 Å². The lowest BCUT2D eigenvalue weighted by Gasteiger charge is -2.10. The van der Waals surface area contributed by atoms with Crippen molar-refractivity contribution in [3.8, 4) is 17.2 Å². The second kappa shape index (κ2) is 11.9. The smallest absolute Gasteiger partial charge is 0.383 e. The molecule has 1 heterocycles. The second-order valence-electron chi connectivity index (χ2n) is 7.80. The summed E-state index contributed by atoms with van der Waals surface area (Å²) >= 11 is 0. The number of ether oxygens (including phenoxy) is 2. The molecule has 6 nitrogen and oxygen atoms in total. The van der Waals surface area contributed by atoms with E-state index in [0.29, 0.717) is 12.4 Å². The van der Waals surface area contributed by atoms with Crippen molar-refractivity contribution in [1.82, 2.24) is 0 Å². The molecule has 2 aromatic carbocycles. The van der Waals surface area contributed by atoms with Gasteiger partial charge in [-0.3, -0.25) is 0 Å². The Hall–Kier alpha value is -3.28. The zero-order valence-electron chi connectivity index (χ0n) is 18.5. The van der Waals surface area contributed by atoms with Gasteiger partial charge in [-0.15, -0.1) is 0 Å². The minimum Gasteiger partial charge on any atom is -0.504 e. The Bertz CT molecular complexity index is 1070. The number of benzene rings is 2. The Labute approximate surface area is 187 Å². The van der Waals surface area contributed by atoms with E-state index >= 15 is 0 Å². The van der Waals surface area contributed by atoms with E-state index in [1.54, 1.807) is 48.5 Å². The third-order valence-electron chi connectivity index (χ3n) is 5.28. The molecule has 170 valence electrons. The summed E-state index contributed by atoms with van der Waals surface area (Å²) in [6.45, 7) is 2.78. The zero-order valence-corrected chi connectivity index (χ0v) is 18.5. The van der Waals surface area contributed by atoms with Gasteiger partial charge in [0.2, 0.25) is 0 Å². The lowest BCUT2D eigenvalue weighted by Crippen LogP contribution is -2.14. The molecule has 0 saturated carbocycles. The van der Waals surface area contributed by atoms with Crippen LogP contribution in [0.1, 0.15) is 68.6 Å². The predicted molar refractivity (Wildman–Crippen MR) is 124 cm³/mol. The van der Waals surface area contributed by atoms with Gasteiger partial charge in [0.25, 0.3) is 5.75 Å². The first-order valence-electron chi connectivity index (χ1n) is 11.3. The van der Waals surface area contributed by atoms with Crippen molar-refractivity contribution >= 4 is 16.9 Å². The molecule has 0 spiro atoms. The van der Waals surface area contributed by atoms with E-state index in [9.17, 15) is 14.7 Å². The van der Waals surface area contributed by atoms with Crippen LogP contribution in [-0.4, -0.2) is 17.7 Å². The number of fused-ring (bicyclic) bond motifs is 1. The third-order valence-corrected chi connectivity index (χ3v) is 5.28. The lowest BCUT2D eigenvalue weighted by molar-refractivity contribution is 0.0723. The van der Waals surface area contributed by atoms with Crippen LogP contribution in [-0.2, 0) is 0 Å². The van der Waals surface area contributed by atoms with E-state index in [2.05, 4.69) is 6.92 Å². The molecule has 3 rings (SSSR count). The molecule has 0 unspecified atom stereocenters. The Morgan fingerprint density at radius 1 is 0.938 bits per heavy atom. The Morgan fingerprint density at radius 3 is 2.34 bits per heavy atom. The molecule has 1 aromatic heterocycles. The average Bonchev–Trinajstić information content (AvgIpc) is 2.81. The quantitative estimate of drug-likeness (QED) is 0.205. The van der Waals surface area contributed by atoms with Crippen molar-refractivity contribution in [1.29, 1.82) is 0 Å². The molecule has 0 aliphatic heterocycles. The molecule has 6 heteroatoms. The first-order valence-corrected chi connectivity index (χ1v) is 11.3. The van der Waals surface area contributed by atoms with Gasteiger partial charge in [0, 0.05) is 0 Å². The van der Waals surface area contributed by atoms with Crippen molar-refractivity contribution in [2.45, 2.75) is 58.3 Å². The Kier molecular flexibility index (Phi) is 8.72.